The number of rotatable bonds is 5. The average molecular weight is 267 g/mol. The van der Waals surface area contributed by atoms with Gasteiger partial charge in [0.25, 0.3) is 0 Å². The maximum Gasteiger partial charge on any atom is 0.306 e. The van der Waals surface area contributed by atoms with Crippen LogP contribution in [-0.2, 0) is 14.3 Å². The molecule has 0 saturated heterocycles. The molecule has 1 aromatic heterocycles. The van der Waals surface area contributed by atoms with E-state index in [1.807, 2.05) is 6.92 Å². The fourth-order valence-corrected chi connectivity index (χ4v) is 1.53. The Hall–Kier alpha value is -1.78. The summed E-state index contributed by atoms with van der Waals surface area (Å²) in [5.41, 5.74) is -0.519. The fourth-order valence-electron chi connectivity index (χ4n) is 1.53. The van der Waals surface area contributed by atoms with Crippen molar-refractivity contribution in [1.29, 1.82) is 0 Å². The van der Waals surface area contributed by atoms with E-state index in [9.17, 15) is 9.59 Å². The van der Waals surface area contributed by atoms with E-state index < -0.39 is 5.60 Å². The first-order valence-corrected chi connectivity index (χ1v) is 6.32. The largest absolute Gasteiger partial charge is 0.467 e. The topological polar surface area (TPSA) is 68.5 Å². The number of nitrogens with one attached hydrogen (secondary N) is 1. The highest BCUT2D eigenvalue weighted by atomic mass is 16.6. The van der Waals surface area contributed by atoms with E-state index >= 15 is 0 Å². The van der Waals surface area contributed by atoms with Crippen molar-refractivity contribution in [2.75, 3.05) is 0 Å². The summed E-state index contributed by atoms with van der Waals surface area (Å²) >= 11 is 0. The van der Waals surface area contributed by atoms with E-state index in [-0.39, 0.29) is 30.8 Å². The van der Waals surface area contributed by atoms with Crippen LogP contribution in [0.5, 0.6) is 0 Å². The molecule has 0 bridgehead atoms. The van der Waals surface area contributed by atoms with Crippen LogP contribution in [0.4, 0.5) is 0 Å². The Balaban J connectivity index is 2.30. The third-order valence-corrected chi connectivity index (χ3v) is 2.32. The van der Waals surface area contributed by atoms with Gasteiger partial charge < -0.3 is 14.5 Å². The monoisotopic (exact) mass is 267 g/mol. The zero-order chi connectivity index (χ0) is 14.5. The number of amides is 1. The molecule has 0 aliphatic heterocycles. The van der Waals surface area contributed by atoms with E-state index in [4.69, 9.17) is 9.15 Å². The molecule has 1 heterocycles. The van der Waals surface area contributed by atoms with Gasteiger partial charge in [-0.2, -0.15) is 0 Å². The molecule has 1 aromatic rings. The number of furan rings is 1. The lowest BCUT2D eigenvalue weighted by atomic mass is 10.2. The van der Waals surface area contributed by atoms with E-state index in [1.165, 1.54) is 0 Å². The standard InChI is InChI=1S/C14H21NO4/c1-10(11-6-5-9-18-11)15-12(16)7-8-13(17)19-14(2,3)4/h5-6,9-10H,7-8H2,1-4H3,(H,15,16). The second kappa shape index (κ2) is 6.41. The Bertz CT molecular complexity index is 417. The number of carbonyl (C=O) groups is 2. The van der Waals surface area contributed by atoms with Gasteiger partial charge in [0.1, 0.15) is 11.4 Å². The molecule has 1 atom stereocenters. The van der Waals surface area contributed by atoms with Gasteiger partial charge in [-0.05, 0) is 39.8 Å². The SMILES string of the molecule is CC(NC(=O)CCC(=O)OC(C)(C)C)c1ccco1. The van der Waals surface area contributed by atoms with Crippen molar-refractivity contribution >= 4 is 11.9 Å². The van der Waals surface area contributed by atoms with E-state index in [0.29, 0.717) is 5.76 Å². The van der Waals surface area contributed by atoms with Crippen LogP contribution >= 0.6 is 0 Å². The predicted molar refractivity (Wildman–Crippen MR) is 70.3 cm³/mol. The average Bonchev–Trinajstić information content (AvgIpc) is 2.77. The van der Waals surface area contributed by atoms with E-state index in [1.54, 1.807) is 39.2 Å². The molecule has 0 fully saturated rings. The van der Waals surface area contributed by atoms with Crippen molar-refractivity contribution in [3.63, 3.8) is 0 Å². The minimum Gasteiger partial charge on any atom is -0.467 e. The normalized spacial score (nSPS) is 12.8. The molecule has 106 valence electrons. The van der Waals surface area contributed by atoms with Crippen molar-refractivity contribution in [2.45, 2.75) is 52.2 Å². The molecule has 0 aromatic carbocycles. The molecule has 19 heavy (non-hydrogen) atoms. The summed E-state index contributed by atoms with van der Waals surface area (Å²) in [5, 5.41) is 2.76. The van der Waals surface area contributed by atoms with Crippen LogP contribution < -0.4 is 5.32 Å². The van der Waals surface area contributed by atoms with Crippen LogP contribution in [0.1, 0.15) is 52.3 Å². The minimum absolute atomic E-state index is 0.0774. The molecule has 0 radical (unpaired) electrons. The Morgan fingerprint density at radius 3 is 2.58 bits per heavy atom. The number of carbonyl (C=O) groups excluding carboxylic acids is 2. The molecule has 0 saturated carbocycles. The predicted octanol–water partition coefficient (Wildman–Crippen LogP) is 2.58. The van der Waals surface area contributed by atoms with Crippen molar-refractivity contribution < 1.29 is 18.7 Å². The van der Waals surface area contributed by atoms with Crippen molar-refractivity contribution in [3.8, 4) is 0 Å². The second-order valence-corrected chi connectivity index (χ2v) is 5.39. The first-order valence-electron chi connectivity index (χ1n) is 6.32. The molecular formula is C14H21NO4. The summed E-state index contributed by atoms with van der Waals surface area (Å²) in [6.45, 7) is 7.21. The van der Waals surface area contributed by atoms with Gasteiger partial charge in [-0.3, -0.25) is 9.59 Å². The third-order valence-electron chi connectivity index (χ3n) is 2.32. The molecule has 5 heteroatoms. The third kappa shape index (κ3) is 6.08. The smallest absolute Gasteiger partial charge is 0.306 e. The molecule has 0 spiro atoms. The minimum atomic E-state index is -0.519. The number of hydrogen-bond acceptors (Lipinski definition) is 4. The van der Waals surface area contributed by atoms with Crippen molar-refractivity contribution in [2.24, 2.45) is 0 Å². The Kier molecular flexibility index (Phi) is 5.15. The summed E-state index contributed by atoms with van der Waals surface area (Å²) in [4.78, 5) is 23.1. The molecule has 1 amide bonds. The lowest BCUT2D eigenvalue weighted by molar-refractivity contribution is -0.155. The highest BCUT2D eigenvalue weighted by molar-refractivity contribution is 5.81. The first-order chi connectivity index (χ1) is 8.78. The summed E-state index contributed by atoms with van der Waals surface area (Å²) in [6.07, 6.45) is 1.74. The number of hydrogen-bond donors (Lipinski definition) is 1. The first kappa shape index (κ1) is 15.3. The molecular weight excluding hydrogens is 246 g/mol. The Morgan fingerprint density at radius 1 is 1.37 bits per heavy atom. The van der Waals surface area contributed by atoms with Gasteiger partial charge in [0.2, 0.25) is 5.91 Å². The maximum absolute atomic E-state index is 11.7. The zero-order valence-corrected chi connectivity index (χ0v) is 11.9. The molecule has 1 N–H and O–H groups in total. The van der Waals surface area contributed by atoms with Crippen LogP contribution in [0.15, 0.2) is 22.8 Å². The highest BCUT2D eigenvalue weighted by Gasteiger charge is 2.18. The van der Waals surface area contributed by atoms with Gasteiger partial charge in [-0.15, -0.1) is 0 Å². The van der Waals surface area contributed by atoms with Gasteiger partial charge in [0.05, 0.1) is 18.7 Å². The fraction of sp³-hybridized carbons (Fsp3) is 0.571. The van der Waals surface area contributed by atoms with E-state index in [0.717, 1.165) is 0 Å². The summed E-state index contributed by atoms with van der Waals surface area (Å²) < 4.78 is 10.3. The Morgan fingerprint density at radius 2 is 2.05 bits per heavy atom. The van der Waals surface area contributed by atoms with Gasteiger partial charge in [-0.1, -0.05) is 0 Å². The van der Waals surface area contributed by atoms with Crippen molar-refractivity contribution in [1.82, 2.24) is 5.32 Å². The van der Waals surface area contributed by atoms with Crippen molar-refractivity contribution in [3.05, 3.63) is 24.2 Å². The lowest BCUT2D eigenvalue weighted by Crippen LogP contribution is -2.28. The summed E-state index contributed by atoms with van der Waals surface area (Å²) in [6, 6.07) is 3.35. The quantitative estimate of drug-likeness (QED) is 0.832. The molecule has 0 aliphatic carbocycles. The van der Waals surface area contributed by atoms with Gasteiger partial charge in [0.15, 0.2) is 0 Å². The summed E-state index contributed by atoms with van der Waals surface area (Å²) in [5.74, 6) is 0.119. The van der Waals surface area contributed by atoms with E-state index in [2.05, 4.69) is 5.32 Å². The number of ether oxygens (including phenoxy) is 1. The van der Waals surface area contributed by atoms with Crippen LogP contribution in [0.25, 0.3) is 0 Å². The lowest BCUT2D eigenvalue weighted by Gasteiger charge is -2.19. The molecule has 5 nitrogen and oxygen atoms in total. The zero-order valence-electron chi connectivity index (χ0n) is 11.9. The highest BCUT2D eigenvalue weighted by Crippen LogP contribution is 2.13. The van der Waals surface area contributed by atoms with Gasteiger partial charge in [0, 0.05) is 6.42 Å². The van der Waals surface area contributed by atoms with Gasteiger partial charge in [-0.25, -0.2) is 0 Å². The Labute approximate surface area is 113 Å². The maximum atomic E-state index is 11.7. The van der Waals surface area contributed by atoms with Crippen LogP contribution in [0, 0.1) is 0 Å². The summed E-state index contributed by atoms with van der Waals surface area (Å²) in [7, 11) is 0. The molecule has 0 aliphatic rings. The van der Waals surface area contributed by atoms with Gasteiger partial charge >= 0.3 is 5.97 Å². The van der Waals surface area contributed by atoms with Crippen LogP contribution in [-0.4, -0.2) is 17.5 Å². The number of esters is 1. The van der Waals surface area contributed by atoms with Crippen LogP contribution in [0.2, 0.25) is 0 Å². The molecule has 1 rings (SSSR count). The molecule has 1 unspecified atom stereocenters. The van der Waals surface area contributed by atoms with Crippen LogP contribution in [0.3, 0.4) is 0 Å². The second-order valence-electron chi connectivity index (χ2n) is 5.39.